The first-order valence-electron chi connectivity index (χ1n) is 9.01. The van der Waals surface area contributed by atoms with Crippen molar-refractivity contribution in [2.24, 2.45) is 0 Å². The molecule has 0 radical (unpaired) electrons. The first-order chi connectivity index (χ1) is 13.2. The molecule has 0 aliphatic carbocycles. The molecule has 1 N–H and O–H groups in total. The highest BCUT2D eigenvalue weighted by molar-refractivity contribution is 7.99. The number of fused-ring (bicyclic) bond motifs is 2. The number of aromatic nitrogens is 1. The van der Waals surface area contributed by atoms with Crippen molar-refractivity contribution >= 4 is 45.8 Å². The SMILES string of the molecule is O=C(C1CSCN1C(=O)c1c[nH]c2ccccc12)N1CCc2sccc2C1. The molecule has 2 aromatic heterocycles. The van der Waals surface area contributed by atoms with Crippen LogP contribution in [-0.2, 0) is 17.8 Å². The van der Waals surface area contributed by atoms with Crippen molar-refractivity contribution in [3.05, 3.63) is 57.9 Å². The van der Waals surface area contributed by atoms with Gasteiger partial charge >= 0.3 is 0 Å². The first-order valence-corrected chi connectivity index (χ1v) is 11.0. The Kier molecular flexibility index (Phi) is 4.21. The van der Waals surface area contributed by atoms with E-state index in [4.69, 9.17) is 0 Å². The van der Waals surface area contributed by atoms with Crippen molar-refractivity contribution in [1.82, 2.24) is 14.8 Å². The van der Waals surface area contributed by atoms with Crippen LogP contribution in [0.25, 0.3) is 10.9 Å². The van der Waals surface area contributed by atoms with E-state index >= 15 is 0 Å². The Balaban J connectivity index is 1.39. The van der Waals surface area contributed by atoms with Crippen LogP contribution in [0.5, 0.6) is 0 Å². The molecule has 0 bridgehead atoms. The number of H-pyrrole nitrogens is 1. The normalized spacial score (nSPS) is 19.5. The van der Waals surface area contributed by atoms with E-state index < -0.39 is 0 Å². The van der Waals surface area contributed by atoms with Crippen LogP contribution >= 0.6 is 23.1 Å². The van der Waals surface area contributed by atoms with Gasteiger partial charge in [0.15, 0.2) is 0 Å². The average Bonchev–Trinajstić information content (AvgIpc) is 3.45. The van der Waals surface area contributed by atoms with Crippen molar-refractivity contribution in [2.75, 3.05) is 18.2 Å². The Morgan fingerprint density at radius 3 is 3.00 bits per heavy atom. The van der Waals surface area contributed by atoms with Crippen molar-refractivity contribution in [3.63, 3.8) is 0 Å². The average molecular weight is 398 g/mol. The van der Waals surface area contributed by atoms with Crippen molar-refractivity contribution in [1.29, 1.82) is 0 Å². The lowest BCUT2D eigenvalue weighted by Crippen LogP contribution is -2.50. The number of nitrogens with one attached hydrogen (secondary N) is 1. The molecular weight excluding hydrogens is 378 g/mol. The van der Waals surface area contributed by atoms with Crippen LogP contribution in [0, 0.1) is 0 Å². The third kappa shape index (κ3) is 2.85. The minimum absolute atomic E-state index is 0.0657. The summed E-state index contributed by atoms with van der Waals surface area (Å²) in [5.74, 6) is 1.24. The molecule has 1 aromatic carbocycles. The zero-order valence-electron chi connectivity index (χ0n) is 14.7. The molecule has 1 fully saturated rings. The quantitative estimate of drug-likeness (QED) is 0.722. The summed E-state index contributed by atoms with van der Waals surface area (Å²) in [6.45, 7) is 1.40. The summed E-state index contributed by atoms with van der Waals surface area (Å²) in [7, 11) is 0. The molecule has 7 heteroatoms. The first kappa shape index (κ1) is 16.9. The van der Waals surface area contributed by atoms with Gasteiger partial charge in [-0.05, 0) is 29.5 Å². The van der Waals surface area contributed by atoms with Crippen LogP contribution in [-0.4, -0.2) is 50.8 Å². The van der Waals surface area contributed by atoms with Gasteiger partial charge in [-0.2, -0.15) is 0 Å². The lowest BCUT2D eigenvalue weighted by Gasteiger charge is -2.32. The van der Waals surface area contributed by atoms with E-state index in [0.29, 0.717) is 23.7 Å². The number of carbonyl (C=O) groups excluding carboxylic acids is 2. The maximum atomic E-state index is 13.2. The Labute approximate surface area is 165 Å². The number of para-hydroxylation sites is 1. The molecule has 0 spiro atoms. The van der Waals surface area contributed by atoms with Crippen LogP contribution in [0.4, 0.5) is 0 Å². The van der Waals surface area contributed by atoms with Gasteiger partial charge in [0, 0.05) is 40.8 Å². The fourth-order valence-electron chi connectivity index (χ4n) is 3.90. The summed E-state index contributed by atoms with van der Waals surface area (Å²) in [4.78, 5) is 34.6. The largest absolute Gasteiger partial charge is 0.360 e. The molecule has 4 heterocycles. The number of thiophene rings is 1. The third-order valence-corrected chi connectivity index (χ3v) is 7.40. The van der Waals surface area contributed by atoms with Crippen LogP contribution in [0.15, 0.2) is 41.9 Å². The highest BCUT2D eigenvalue weighted by atomic mass is 32.2. The number of hydrogen-bond donors (Lipinski definition) is 1. The number of hydrogen-bond acceptors (Lipinski definition) is 4. The predicted octanol–water partition coefficient (Wildman–Crippen LogP) is 3.33. The number of rotatable bonds is 2. The van der Waals surface area contributed by atoms with E-state index in [1.165, 1.54) is 10.4 Å². The molecule has 2 aliphatic rings. The number of benzene rings is 1. The molecule has 1 unspecified atom stereocenters. The van der Waals surface area contributed by atoms with E-state index in [0.717, 1.165) is 23.9 Å². The van der Waals surface area contributed by atoms with E-state index in [1.54, 1.807) is 34.2 Å². The van der Waals surface area contributed by atoms with Crippen LogP contribution in [0.2, 0.25) is 0 Å². The van der Waals surface area contributed by atoms with E-state index in [-0.39, 0.29) is 17.9 Å². The van der Waals surface area contributed by atoms with Gasteiger partial charge in [-0.1, -0.05) is 18.2 Å². The van der Waals surface area contributed by atoms with E-state index in [9.17, 15) is 9.59 Å². The van der Waals surface area contributed by atoms with Gasteiger partial charge in [-0.25, -0.2) is 0 Å². The summed E-state index contributed by atoms with van der Waals surface area (Å²) in [6, 6.07) is 9.51. The minimum Gasteiger partial charge on any atom is -0.360 e. The summed E-state index contributed by atoms with van der Waals surface area (Å²) in [6.07, 6.45) is 2.67. The Morgan fingerprint density at radius 2 is 2.07 bits per heavy atom. The second kappa shape index (κ2) is 6.73. The van der Waals surface area contributed by atoms with Crippen LogP contribution in [0.3, 0.4) is 0 Å². The molecule has 1 atom stereocenters. The number of nitrogens with zero attached hydrogens (tertiary/aromatic N) is 2. The smallest absolute Gasteiger partial charge is 0.257 e. The molecule has 27 heavy (non-hydrogen) atoms. The zero-order chi connectivity index (χ0) is 18.4. The number of carbonyl (C=O) groups is 2. The fourth-order valence-corrected chi connectivity index (χ4v) is 5.93. The zero-order valence-corrected chi connectivity index (χ0v) is 16.3. The summed E-state index contributed by atoms with van der Waals surface area (Å²) in [5, 5.41) is 3.00. The molecule has 3 aromatic rings. The number of amides is 2. The van der Waals surface area contributed by atoms with Gasteiger partial charge in [-0.3, -0.25) is 9.59 Å². The summed E-state index contributed by atoms with van der Waals surface area (Å²) in [5.41, 5.74) is 2.83. The van der Waals surface area contributed by atoms with Crippen LogP contribution < -0.4 is 0 Å². The Hall–Kier alpha value is -2.25. The Bertz CT molecular complexity index is 1030. The molecular formula is C20H19N3O2S2. The molecule has 5 rings (SSSR count). The lowest BCUT2D eigenvalue weighted by atomic mass is 10.1. The van der Waals surface area contributed by atoms with Gasteiger partial charge in [-0.15, -0.1) is 23.1 Å². The highest BCUT2D eigenvalue weighted by Gasteiger charge is 2.38. The fraction of sp³-hybridized carbons (Fsp3) is 0.300. The molecule has 0 saturated carbocycles. The Morgan fingerprint density at radius 1 is 1.19 bits per heavy atom. The van der Waals surface area contributed by atoms with Gasteiger partial charge in [0.25, 0.3) is 5.91 Å². The lowest BCUT2D eigenvalue weighted by molar-refractivity contribution is -0.135. The summed E-state index contributed by atoms with van der Waals surface area (Å²) >= 11 is 3.42. The van der Waals surface area contributed by atoms with Crippen molar-refractivity contribution in [2.45, 2.75) is 19.0 Å². The second-order valence-corrected chi connectivity index (χ2v) is 8.92. The maximum Gasteiger partial charge on any atom is 0.257 e. The van der Waals surface area contributed by atoms with Gasteiger partial charge in [0.05, 0.1) is 11.4 Å². The third-order valence-electron chi connectivity index (χ3n) is 5.37. The molecule has 2 aliphatic heterocycles. The molecule has 2 amide bonds. The van der Waals surface area contributed by atoms with E-state index in [2.05, 4.69) is 16.4 Å². The van der Waals surface area contributed by atoms with Gasteiger partial charge in [0.2, 0.25) is 5.91 Å². The molecule has 138 valence electrons. The van der Waals surface area contributed by atoms with Crippen molar-refractivity contribution in [3.8, 4) is 0 Å². The highest BCUT2D eigenvalue weighted by Crippen LogP contribution is 2.30. The topological polar surface area (TPSA) is 56.4 Å². The second-order valence-electron chi connectivity index (χ2n) is 6.92. The predicted molar refractivity (Wildman–Crippen MR) is 109 cm³/mol. The number of thioether (sulfide) groups is 1. The van der Waals surface area contributed by atoms with Gasteiger partial charge in [0.1, 0.15) is 6.04 Å². The van der Waals surface area contributed by atoms with Crippen LogP contribution in [0.1, 0.15) is 20.8 Å². The van der Waals surface area contributed by atoms with Gasteiger partial charge < -0.3 is 14.8 Å². The molecule has 1 saturated heterocycles. The summed E-state index contributed by atoms with van der Waals surface area (Å²) < 4.78 is 0. The monoisotopic (exact) mass is 397 g/mol. The standard InChI is InChI=1S/C20H19N3O2S2/c24-19(15-9-21-16-4-2-1-3-14(15)16)23-12-26-11-17(23)20(25)22-7-5-18-13(10-22)6-8-27-18/h1-4,6,8-9,17,21H,5,7,10-12H2. The number of aromatic amines is 1. The minimum atomic E-state index is -0.378. The maximum absolute atomic E-state index is 13.2. The molecule has 5 nitrogen and oxygen atoms in total. The van der Waals surface area contributed by atoms with E-state index in [1.807, 2.05) is 29.2 Å². The van der Waals surface area contributed by atoms with Crippen molar-refractivity contribution < 1.29 is 9.59 Å².